The van der Waals surface area contributed by atoms with Crippen molar-refractivity contribution >= 4 is 23.4 Å². The number of pyridine rings is 1. The van der Waals surface area contributed by atoms with Gasteiger partial charge in [-0.3, -0.25) is 9.78 Å². The zero-order valence-corrected chi connectivity index (χ0v) is 19.6. The highest BCUT2D eigenvalue weighted by molar-refractivity contribution is 7.99. The number of ether oxygens (including phenoxy) is 1. The highest BCUT2D eigenvalue weighted by Crippen LogP contribution is 2.28. The number of nitrogens with zero attached hydrogens (tertiary/aromatic N) is 4. The third-order valence-electron chi connectivity index (χ3n) is 5.07. The fraction of sp³-hybridized carbons (Fsp3) is 0.200. The van der Waals surface area contributed by atoms with E-state index in [1.54, 1.807) is 12.4 Å². The number of thioether (sulfide) groups is 1. The van der Waals surface area contributed by atoms with E-state index in [-0.39, 0.29) is 11.7 Å². The van der Waals surface area contributed by atoms with Crippen LogP contribution in [0.25, 0.3) is 11.4 Å². The first-order valence-corrected chi connectivity index (χ1v) is 11.6. The van der Waals surface area contributed by atoms with E-state index in [4.69, 9.17) is 4.74 Å². The van der Waals surface area contributed by atoms with Crippen LogP contribution in [0.5, 0.6) is 11.5 Å². The summed E-state index contributed by atoms with van der Waals surface area (Å²) in [5.74, 6) is 2.33. The van der Waals surface area contributed by atoms with Crippen LogP contribution in [0.15, 0.2) is 72.1 Å². The van der Waals surface area contributed by atoms with Gasteiger partial charge >= 0.3 is 0 Å². The van der Waals surface area contributed by atoms with Gasteiger partial charge in [-0.15, -0.1) is 10.2 Å². The van der Waals surface area contributed by atoms with Crippen molar-refractivity contribution in [2.75, 3.05) is 11.1 Å². The molecule has 0 atom stereocenters. The number of carbonyl (C=O) groups excluding carboxylic acids is 1. The number of benzene rings is 2. The van der Waals surface area contributed by atoms with Crippen molar-refractivity contribution in [1.82, 2.24) is 19.7 Å². The smallest absolute Gasteiger partial charge is 0.234 e. The normalized spacial score (nSPS) is 10.8. The lowest BCUT2D eigenvalue weighted by molar-refractivity contribution is -0.113. The van der Waals surface area contributed by atoms with Crippen LogP contribution in [-0.2, 0) is 11.3 Å². The van der Waals surface area contributed by atoms with Gasteiger partial charge in [0.2, 0.25) is 5.91 Å². The zero-order chi connectivity index (χ0) is 23.2. The molecule has 7 nitrogen and oxygen atoms in total. The van der Waals surface area contributed by atoms with E-state index in [0.717, 1.165) is 40.0 Å². The molecule has 0 saturated heterocycles. The zero-order valence-electron chi connectivity index (χ0n) is 18.8. The third-order valence-corrected chi connectivity index (χ3v) is 6.04. The summed E-state index contributed by atoms with van der Waals surface area (Å²) in [6, 6.07) is 17.3. The Balaban J connectivity index is 1.39. The van der Waals surface area contributed by atoms with E-state index in [9.17, 15) is 4.79 Å². The van der Waals surface area contributed by atoms with Gasteiger partial charge in [-0.25, -0.2) is 0 Å². The van der Waals surface area contributed by atoms with Gasteiger partial charge in [0.05, 0.1) is 11.9 Å². The van der Waals surface area contributed by atoms with Gasteiger partial charge in [0.15, 0.2) is 11.0 Å². The largest absolute Gasteiger partial charge is 0.455 e. The summed E-state index contributed by atoms with van der Waals surface area (Å²) in [5, 5.41) is 12.4. The Morgan fingerprint density at radius 1 is 1.06 bits per heavy atom. The van der Waals surface area contributed by atoms with E-state index in [0.29, 0.717) is 11.4 Å². The standard InChI is InChI=1S/C25H25N5O2S/c1-4-30-24(21-10-6-5-8-17(21)2)28-29-25(30)33-16-23(31)27-19-11-12-22(18(3)14-19)32-20-9-7-13-26-15-20/h5-15H,4,16H2,1-3H3,(H,27,31). The van der Waals surface area contributed by atoms with Crippen molar-refractivity contribution < 1.29 is 9.53 Å². The summed E-state index contributed by atoms with van der Waals surface area (Å²) in [4.78, 5) is 16.6. The van der Waals surface area contributed by atoms with Gasteiger partial charge in [0.1, 0.15) is 11.5 Å². The summed E-state index contributed by atoms with van der Waals surface area (Å²) in [5.41, 5.74) is 3.82. The first kappa shape index (κ1) is 22.5. The number of aryl methyl sites for hydroxylation is 2. The molecule has 2 aromatic heterocycles. The maximum absolute atomic E-state index is 12.6. The van der Waals surface area contributed by atoms with E-state index >= 15 is 0 Å². The van der Waals surface area contributed by atoms with Crippen LogP contribution < -0.4 is 10.1 Å². The minimum Gasteiger partial charge on any atom is -0.455 e. The maximum atomic E-state index is 12.6. The monoisotopic (exact) mass is 459 g/mol. The predicted octanol–water partition coefficient (Wildman–Crippen LogP) is 5.50. The molecule has 0 spiro atoms. The van der Waals surface area contributed by atoms with Crippen LogP contribution in [-0.4, -0.2) is 31.4 Å². The summed E-state index contributed by atoms with van der Waals surface area (Å²) in [7, 11) is 0. The molecular weight excluding hydrogens is 434 g/mol. The molecule has 2 aromatic carbocycles. The van der Waals surface area contributed by atoms with Crippen molar-refractivity contribution in [1.29, 1.82) is 0 Å². The fourth-order valence-electron chi connectivity index (χ4n) is 3.41. The second kappa shape index (κ2) is 10.3. The van der Waals surface area contributed by atoms with Crippen LogP contribution in [0.1, 0.15) is 18.1 Å². The van der Waals surface area contributed by atoms with Gasteiger partial charge in [0.25, 0.3) is 0 Å². The number of amides is 1. The van der Waals surface area contributed by atoms with Crippen molar-refractivity contribution in [2.45, 2.75) is 32.5 Å². The molecule has 0 bridgehead atoms. The molecule has 8 heteroatoms. The number of aromatic nitrogens is 4. The first-order chi connectivity index (χ1) is 16.0. The minimum atomic E-state index is -0.108. The molecule has 0 aliphatic heterocycles. The van der Waals surface area contributed by atoms with Gasteiger partial charge in [-0.2, -0.15) is 0 Å². The molecule has 0 radical (unpaired) electrons. The molecular formula is C25H25N5O2S. The molecule has 0 unspecified atom stereocenters. The van der Waals surface area contributed by atoms with Gasteiger partial charge in [-0.05, 0) is 62.2 Å². The molecule has 4 aromatic rings. The van der Waals surface area contributed by atoms with Gasteiger partial charge < -0.3 is 14.6 Å². The van der Waals surface area contributed by atoms with E-state index in [1.165, 1.54) is 11.8 Å². The van der Waals surface area contributed by atoms with Crippen LogP contribution >= 0.6 is 11.8 Å². The van der Waals surface area contributed by atoms with Crippen LogP contribution in [0.3, 0.4) is 0 Å². The van der Waals surface area contributed by atoms with Crippen molar-refractivity contribution in [3.8, 4) is 22.9 Å². The predicted molar refractivity (Wildman–Crippen MR) is 131 cm³/mol. The Morgan fingerprint density at radius 2 is 1.91 bits per heavy atom. The average molecular weight is 460 g/mol. The van der Waals surface area contributed by atoms with Crippen molar-refractivity contribution in [2.24, 2.45) is 0 Å². The molecule has 4 rings (SSSR count). The summed E-state index contributed by atoms with van der Waals surface area (Å²) < 4.78 is 7.89. The van der Waals surface area contributed by atoms with Crippen LogP contribution in [0.2, 0.25) is 0 Å². The number of rotatable bonds is 8. The number of carbonyl (C=O) groups is 1. The van der Waals surface area contributed by atoms with Crippen molar-refractivity contribution in [3.63, 3.8) is 0 Å². The minimum absolute atomic E-state index is 0.108. The lowest BCUT2D eigenvalue weighted by atomic mass is 10.1. The second-order valence-electron chi connectivity index (χ2n) is 7.47. The molecule has 1 amide bonds. The number of nitrogens with one attached hydrogen (secondary N) is 1. The number of hydrogen-bond donors (Lipinski definition) is 1. The van der Waals surface area contributed by atoms with Gasteiger partial charge in [0, 0.05) is 24.0 Å². The average Bonchev–Trinajstić information content (AvgIpc) is 3.23. The highest BCUT2D eigenvalue weighted by Gasteiger charge is 2.16. The maximum Gasteiger partial charge on any atom is 0.234 e. The molecule has 168 valence electrons. The molecule has 0 aliphatic rings. The SMILES string of the molecule is CCn1c(SCC(=O)Nc2ccc(Oc3cccnc3)c(C)c2)nnc1-c1ccccc1C. The number of hydrogen-bond acceptors (Lipinski definition) is 6. The molecule has 0 aliphatic carbocycles. The first-order valence-electron chi connectivity index (χ1n) is 10.7. The molecule has 2 heterocycles. The highest BCUT2D eigenvalue weighted by atomic mass is 32.2. The van der Waals surface area contributed by atoms with E-state index < -0.39 is 0 Å². The topological polar surface area (TPSA) is 81.9 Å². The van der Waals surface area contributed by atoms with Gasteiger partial charge in [-0.1, -0.05) is 36.0 Å². The molecule has 0 fully saturated rings. The fourth-order valence-corrected chi connectivity index (χ4v) is 4.21. The Bertz CT molecular complexity index is 1260. The van der Waals surface area contributed by atoms with Crippen LogP contribution in [0, 0.1) is 13.8 Å². The molecule has 1 N–H and O–H groups in total. The molecule has 33 heavy (non-hydrogen) atoms. The summed E-state index contributed by atoms with van der Waals surface area (Å²) in [6.07, 6.45) is 3.36. The Labute approximate surface area is 197 Å². The van der Waals surface area contributed by atoms with E-state index in [1.807, 2.05) is 66.9 Å². The van der Waals surface area contributed by atoms with E-state index in [2.05, 4.69) is 33.5 Å². The third kappa shape index (κ3) is 5.40. The Kier molecular flexibility index (Phi) is 7.04. The lowest BCUT2D eigenvalue weighted by Gasteiger charge is -2.11. The van der Waals surface area contributed by atoms with Crippen LogP contribution in [0.4, 0.5) is 5.69 Å². The summed E-state index contributed by atoms with van der Waals surface area (Å²) >= 11 is 1.38. The Hall–Kier alpha value is -3.65. The molecule has 0 saturated carbocycles. The second-order valence-corrected chi connectivity index (χ2v) is 8.42. The quantitative estimate of drug-likeness (QED) is 0.350. The Morgan fingerprint density at radius 3 is 2.64 bits per heavy atom. The summed E-state index contributed by atoms with van der Waals surface area (Å²) in [6.45, 7) is 6.76. The lowest BCUT2D eigenvalue weighted by Crippen LogP contribution is -2.14. The number of anilines is 1. The van der Waals surface area contributed by atoms with Crippen molar-refractivity contribution in [3.05, 3.63) is 78.1 Å².